The van der Waals surface area contributed by atoms with E-state index in [0.717, 1.165) is 11.8 Å². The van der Waals surface area contributed by atoms with Gasteiger partial charge in [-0.1, -0.05) is 11.8 Å². The molecule has 1 N–H and O–H groups in total. The number of thioether (sulfide) groups is 1. The normalized spacial score (nSPS) is 18.8. The van der Waals surface area contributed by atoms with E-state index in [4.69, 9.17) is 4.74 Å². The molecular weight excluding hydrogens is 257 g/mol. The molecule has 0 bridgehead atoms. The van der Waals surface area contributed by atoms with E-state index < -0.39 is 0 Å². The third kappa shape index (κ3) is 3.46. The fourth-order valence-corrected chi connectivity index (χ4v) is 2.44. The predicted octanol–water partition coefficient (Wildman–Crippen LogP) is 2.34. The van der Waals surface area contributed by atoms with E-state index in [2.05, 4.69) is 5.32 Å². The molecular formula is C12H12FNO3S. The van der Waals surface area contributed by atoms with Crippen LogP contribution in [-0.4, -0.2) is 23.0 Å². The van der Waals surface area contributed by atoms with Crippen molar-refractivity contribution in [3.8, 4) is 5.75 Å². The van der Waals surface area contributed by atoms with E-state index in [-0.39, 0.29) is 22.2 Å². The summed E-state index contributed by atoms with van der Waals surface area (Å²) in [6.45, 7) is 0.435. The van der Waals surface area contributed by atoms with Crippen LogP contribution in [-0.2, 0) is 4.79 Å². The van der Waals surface area contributed by atoms with Crippen LogP contribution >= 0.6 is 11.8 Å². The number of nitrogens with one attached hydrogen (secondary N) is 1. The Labute approximate surface area is 108 Å². The molecule has 0 radical (unpaired) electrons. The third-order valence-corrected chi connectivity index (χ3v) is 3.51. The number of carbonyl (C=O) groups is 2. The highest BCUT2D eigenvalue weighted by Crippen LogP contribution is 2.23. The summed E-state index contributed by atoms with van der Waals surface area (Å²) in [7, 11) is 0. The molecule has 6 heteroatoms. The Morgan fingerprint density at radius 3 is 2.61 bits per heavy atom. The van der Waals surface area contributed by atoms with Gasteiger partial charge in [-0.15, -0.1) is 0 Å². The van der Waals surface area contributed by atoms with Crippen molar-refractivity contribution in [3.05, 3.63) is 30.1 Å². The van der Waals surface area contributed by atoms with Gasteiger partial charge in [0.25, 0.3) is 5.24 Å². The van der Waals surface area contributed by atoms with Crippen LogP contribution in [0.15, 0.2) is 24.3 Å². The van der Waals surface area contributed by atoms with Gasteiger partial charge in [-0.25, -0.2) is 4.39 Å². The quantitative estimate of drug-likeness (QED) is 0.834. The summed E-state index contributed by atoms with van der Waals surface area (Å²) in [5, 5.41) is 1.64. The highest BCUT2D eigenvalue weighted by atomic mass is 32.2. The molecule has 1 unspecified atom stereocenters. The lowest BCUT2D eigenvalue weighted by atomic mass is 10.2. The number of ether oxygens (including phenoxy) is 1. The molecule has 0 aromatic heterocycles. The SMILES string of the molecule is O=C1NC(=O)C(CCCOc2ccc(F)cc2)S1. The topological polar surface area (TPSA) is 55.4 Å². The first kappa shape index (κ1) is 12.9. The van der Waals surface area contributed by atoms with E-state index >= 15 is 0 Å². The Morgan fingerprint density at radius 2 is 2.00 bits per heavy atom. The zero-order valence-electron chi connectivity index (χ0n) is 9.52. The maximum atomic E-state index is 12.6. The second-order valence-electron chi connectivity index (χ2n) is 3.83. The fourth-order valence-electron chi connectivity index (χ4n) is 1.57. The smallest absolute Gasteiger partial charge is 0.286 e. The predicted molar refractivity (Wildman–Crippen MR) is 66.0 cm³/mol. The third-order valence-electron chi connectivity index (χ3n) is 2.46. The van der Waals surface area contributed by atoms with Gasteiger partial charge in [0.15, 0.2) is 0 Å². The zero-order chi connectivity index (χ0) is 13.0. The number of benzene rings is 1. The molecule has 96 valence electrons. The molecule has 18 heavy (non-hydrogen) atoms. The van der Waals surface area contributed by atoms with Crippen molar-refractivity contribution in [2.24, 2.45) is 0 Å². The molecule has 1 heterocycles. The average Bonchev–Trinajstić information content (AvgIpc) is 2.66. The first-order valence-corrected chi connectivity index (χ1v) is 6.43. The van der Waals surface area contributed by atoms with Crippen LogP contribution < -0.4 is 10.1 Å². The minimum atomic E-state index is -0.311. The van der Waals surface area contributed by atoms with E-state index in [0.29, 0.717) is 25.2 Å². The Morgan fingerprint density at radius 1 is 1.28 bits per heavy atom. The first-order chi connectivity index (χ1) is 8.65. The van der Waals surface area contributed by atoms with Crippen molar-refractivity contribution in [1.82, 2.24) is 5.32 Å². The molecule has 1 saturated heterocycles. The summed E-state index contributed by atoms with van der Waals surface area (Å²) in [5.74, 6) is 0.0580. The number of hydrogen-bond acceptors (Lipinski definition) is 4. The van der Waals surface area contributed by atoms with Gasteiger partial charge >= 0.3 is 0 Å². The molecule has 1 aliphatic rings. The highest BCUT2D eigenvalue weighted by molar-refractivity contribution is 8.15. The van der Waals surface area contributed by atoms with Crippen LogP contribution in [0, 0.1) is 5.82 Å². The van der Waals surface area contributed by atoms with Crippen molar-refractivity contribution in [1.29, 1.82) is 0 Å². The van der Waals surface area contributed by atoms with Crippen molar-refractivity contribution in [2.45, 2.75) is 18.1 Å². The second-order valence-corrected chi connectivity index (χ2v) is 5.00. The molecule has 4 nitrogen and oxygen atoms in total. The zero-order valence-corrected chi connectivity index (χ0v) is 10.3. The van der Waals surface area contributed by atoms with Gasteiger partial charge in [-0.05, 0) is 37.1 Å². The van der Waals surface area contributed by atoms with E-state index in [1.165, 1.54) is 12.1 Å². The molecule has 0 aliphatic carbocycles. The molecule has 1 atom stereocenters. The number of carbonyl (C=O) groups excluding carboxylic acids is 2. The highest BCUT2D eigenvalue weighted by Gasteiger charge is 2.30. The van der Waals surface area contributed by atoms with Crippen molar-refractivity contribution < 1.29 is 18.7 Å². The number of halogens is 1. The monoisotopic (exact) mass is 269 g/mol. The molecule has 2 rings (SSSR count). The summed E-state index contributed by atoms with van der Waals surface area (Å²) in [6.07, 6.45) is 1.25. The standard InChI is InChI=1S/C12H12FNO3S/c13-8-3-5-9(6-4-8)17-7-1-2-10-11(15)14-12(16)18-10/h3-6,10H,1-2,7H2,(H,14,15,16). The lowest BCUT2D eigenvalue weighted by Gasteiger charge is -2.07. The fraction of sp³-hybridized carbons (Fsp3) is 0.333. The number of imide groups is 1. The largest absolute Gasteiger partial charge is 0.494 e. The Hall–Kier alpha value is -1.56. The van der Waals surface area contributed by atoms with E-state index in [1.807, 2.05) is 0 Å². The van der Waals surface area contributed by atoms with Crippen LogP contribution in [0.5, 0.6) is 5.75 Å². The summed E-state index contributed by atoms with van der Waals surface area (Å²) in [5.41, 5.74) is 0. The number of amides is 2. The molecule has 1 aromatic rings. The summed E-state index contributed by atoms with van der Waals surface area (Å²) in [4.78, 5) is 22.2. The van der Waals surface area contributed by atoms with Crippen LogP contribution in [0.25, 0.3) is 0 Å². The van der Waals surface area contributed by atoms with Crippen molar-refractivity contribution >= 4 is 22.9 Å². The van der Waals surface area contributed by atoms with Crippen molar-refractivity contribution in [3.63, 3.8) is 0 Å². The van der Waals surface area contributed by atoms with Gasteiger partial charge in [0.2, 0.25) is 5.91 Å². The molecule has 2 amide bonds. The van der Waals surface area contributed by atoms with Gasteiger partial charge in [0.05, 0.1) is 11.9 Å². The first-order valence-electron chi connectivity index (χ1n) is 5.55. The van der Waals surface area contributed by atoms with Crippen LogP contribution in [0.4, 0.5) is 9.18 Å². The number of rotatable bonds is 5. The number of hydrogen-bond donors (Lipinski definition) is 1. The molecule has 0 saturated carbocycles. The second kappa shape index (κ2) is 5.86. The summed E-state index contributed by atoms with van der Waals surface area (Å²) < 4.78 is 18.0. The summed E-state index contributed by atoms with van der Waals surface area (Å²) in [6, 6.07) is 5.76. The minimum Gasteiger partial charge on any atom is -0.494 e. The molecule has 1 aliphatic heterocycles. The van der Waals surface area contributed by atoms with Gasteiger partial charge in [0.1, 0.15) is 11.6 Å². The van der Waals surface area contributed by atoms with Gasteiger partial charge in [-0.3, -0.25) is 14.9 Å². The van der Waals surface area contributed by atoms with Gasteiger partial charge in [0, 0.05) is 0 Å². The average molecular weight is 269 g/mol. The molecule has 1 aromatic carbocycles. The van der Waals surface area contributed by atoms with Crippen LogP contribution in [0.1, 0.15) is 12.8 Å². The Kier molecular flexibility index (Phi) is 4.19. The molecule has 1 fully saturated rings. The van der Waals surface area contributed by atoms with Crippen LogP contribution in [0.2, 0.25) is 0 Å². The van der Waals surface area contributed by atoms with Crippen molar-refractivity contribution in [2.75, 3.05) is 6.61 Å². The lowest BCUT2D eigenvalue weighted by molar-refractivity contribution is -0.119. The van der Waals surface area contributed by atoms with E-state index in [9.17, 15) is 14.0 Å². The minimum absolute atomic E-state index is 0.230. The maximum absolute atomic E-state index is 12.6. The Bertz CT molecular complexity index is 449. The van der Waals surface area contributed by atoms with Crippen LogP contribution in [0.3, 0.4) is 0 Å². The summed E-state index contributed by atoms with van der Waals surface area (Å²) >= 11 is 1.02. The van der Waals surface area contributed by atoms with Gasteiger partial charge in [-0.2, -0.15) is 0 Å². The lowest BCUT2D eigenvalue weighted by Crippen LogP contribution is -2.24. The molecule has 0 spiro atoms. The maximum Gasteiger partial charge on any atom is 0.286 e. The Balaban J connectivity index is 1.68. The van der Waals surface area contributed by atoms with E-state index in [1.54, 1.807) is 12.1 Å². The van der Waals surface area contributed by atoms with Gasteiger partial charge < -0.3 is 4.74 Å².